The third-order valence-corrected chi connectivity index (χ3v) is 6.65. The van der Waals surface area contributed by atoms with Gasteiger partial charge in [0.1, 0.15) is 11.6 Å². The number of nitrogens with zero attached hydrogens (tertiary/aromatic N) is 3. The molecule has 2 aromatic rings. The van der Waals surface area contributed by atoms with Crippen molar-refractivity contribution >= 4 is 29.1 Å². The first-order chi connectivity index (χ1) is 16.7. The van der Waals surface area contributed by atoms with Crippen molar-refractivity contribution in [3.8, 4) is 0 Å². The molecule has 0 amide bonds. The van der Waals surface area contributed by atoms with Crippen LogP contribution in [0, 0.1) is 11.6 Å². The Morgan fingerprint density at radius 3 is 2.83 bits per heavy atom. The summed E-state index contributed by atoms with van der Waals surface area (Å²) in [5.74, 6) is -3.57. The molecule has 0 spiro atoms. The van der Waals surface area contributed by atoms with E-state index in [9.17, 15) is 23.5 Å². The molecule has 1 fully saturated rings. The first kappa shape index (κ1) is 24.9. The van der Waals surface area contributed by atoms with Crippen LogP contribution in [-0.2, 0) is 24.6 Å². The van der Waals surface area contributed by atoms with Crippen molar-refractivity contribution in [2.24, 2.45) is 4.99 Å². The molecule has 2 aliphatic rings. The highest BCUT2D eigenvalue weighted by atomic mass is 32.1. The van der Waals surface area contributed by atoms with Gasteiger partial charge in [0, 0.05) is 30.4 Å². The van der Waals surface area contributed by atoms with Gasteiger partial charge in [0.15, 0.2) is 22.5 Å². The Morgan fingerprint density at radius 1 is 1.37 bits per heavy atom. The number of carboxylic acids is 1. The van der Waals surface area contributed by atoms with Gasteiger partial charge in [0.25, 0.3) is 0 Å². The topological polar surface area (TPSA) is 113 Å². The van der Waals surface area contributed by atoms with Crippen LogP contribution in [0.5, 0.6) is 0 Å². The van der Waals surface area contributed by atoms with Crippen molar-refractivity contribution in [3.05, 3.63) is 63.3 Å². The summed E-state index contributed by atoms with van der Waals surface area (Å²) in [6.07, 6.45) is 1.59. The van der Waals surface area contributed by atoms with Gasteiger partial charge in [-0.25, -0.2) is 23.6 Å². The minimum atomic E-state index is -1.48. The van der Waals surface area contributed by atoms with Crippen molar-refractivity contribution in [1.29, 1.82) is 0 Å². The minimum absolute atomic E-state index is 0.00871. The average Bonchev–Trinajstić information content (AvgIpc) is 3.36. The van der Waals surface area contributed by atoms with Gasteiger partial charge in [-0.3, -0.25) is 9.69 Å². The summed E-state index contributed by atoms with van der Waals surface area (Å²) in [7, 11) is 0. The van der Waals surface area contributed by atoms with Crippen molar-refractivity contribution in [2.45, 2.75) is 25.4 Å². The zero-order chi connectivity index (χ0) is 25.2. The highest BCUT2D eigenvalue weighted by molar-refractivity contribution is 7.11. The molecule has 1 saturated heterocycles. The molecule has 12 heteroatoms. The van der Waals surface area contributed by atoms with Gasteiger partial charge in [-0.15, -0.1) is 11.3 Å². The van der Waals surface area contributed by atoms with Crippen LogP contribution >= 0.6 is 11.3 Å². The zero-order valence-corrected chi connectivity index (χ0v) is 19.9. The van der Waals surface area contributed by atoms with Crippen LogP contribution in [-0.4, -0.2) is 71.7 Å². The molecule has 3 heterocycles. The lowest BCUT2D eigenvalue weighted by molar-refractivity contribution is -0.149. The van der Waals surface area contributed by atoms with E-state index < -0.39 is 35.2 Å². The van der Waals surface area contributed by atoms with Gasteiger partial charge in [-0.2, -0.15) is 0 Å². The first-order valence-electron chi connectivity index (χ1n) is 10.9. The van der Waals surface area contributed by atoms with E-state index in [0.29, 0.717) is 29.7 Å². The molecule has 1 aromatic heterocycles. The number of nitrogens with one attached hydrogen (secondary N) is 1. The second kappa shape index (κ2) is 10.2. The molecule has 2 atom stereocenters. The molecule has 4 rings (SSSR count). The summed E-state index contributed by atoms with van der Waals surface area (Å²) in [6.45, 7) is 3.97. The lowest BCUT2D eigenvalue weighted by Crippen LogP contribution is -2.53. The number of carbonyl (C=O) groups excluding carboxylic acids is 1. The third kappa shape index (κ3) is 4.95. The van der Waals surface area contributed by atoms with Gasteiger partial charge in [-0.05, 0) is 31.5 Å². The van der Waals surface area contributed by atoms with E-state index in [2.05, 4.69) is 10.3 Å². The number of hydrogen-bond donors (Lipinski definition) is 2. The maximum Gasteiger partial charge on any atom is 0.338 e. The Kier molecular flexibility index (Phi) is 7.24. The van der Waals surface area contributed by atoms with E-state index >= 15 is 0 Å². The number of amidine groups is 1. The fourth-order valence-electron chi connectivity index (χ4n) is 4.16. The normalized spacial score (nSPS) is 23.0. The van der Waals surface area contributed by atoms with E-state index in [1.54, 1.807) is 30.3 Å². The Morgan fingerprint density at radius 2 is 2.17 bits per heavy atom. The number of hydrogen-bond acceptors (Lipinski definition) is 9. The molecule has 0 radical (unpaired) electrons. The van der Waals surface area contributed by atoms with Gasteiger partial charge < -0.3 is 19.9 Å². The fourth-order valence-corrected chi connectivity index (χ4v) is 4.74. The molecule has 9 nitrogen and oxygen atoms in total. The van der Waals surface area contributed by atoms with Crippen molar-refractivity contribution in [1.82, 2.24) is 15.2 Å². The molecule has 35 heavy (non-hydrogen) atoms. The number of rotatable bonds is 7. The fraction of sp³-hybridized carbons (Fsp3) is 0.391. The number of aromatic nitrogens is 1. The van der Waals surface area contributed by atoms with Crippen LogP contribution in [0.2, 0.25) is 0 Å². The number of thiazole rings is 1. The summed E-state index contributed by atoms with van der Waals surface area (Å²) < 4.78 is 38.7. The van der Waals surface area contributed by atoms with Crippen molar-refractivity contribution in [2.75, 3.05) is 32.9 Å². The summed E-state index contributed by atoms with van der Waals surface area (Å²) >= 11 is 1.30. The Bertz CT molecular complexity index is 1190. The molecule has 186 valence electrons. The molecular formula is C23H24F2N4O5S. The number of ether oxygens (including phenoxy) is 2. The lowest BCUT2D eigenvalue weighted by Gasteiger charge is -2.38. The molecule has 2 aliphatic heterocycles. The van der Waals surface area contributed by atoms with E-state index in [-0.39, 0.29) is 30.9 Å². The molecule has 1 aromatic carbocycles. The van der Waals surface area contributed by atoms with E-state index in [1.807, 2.05) is 0 Å². The smallest absolute Gasteiger partial charge is 0.338 e. The molecule has 1 unspecified atom stereocenters. The Balaban J connectivity index is 1.89. The van der Waals surface area contributed by atoms with Crippen LogP contribution in [0.3, 0.4) is 0 Å². The largest absolute Gasteiger partial charge is 0.480 e. The molecule has 2 N–H and O–H groups in total. The number of esters is 1. The SMILES string of the molecule is CCOC(=O)C1=C(CN2CCOC[C@H]2C(=O)O)NC(c2nccs2)=NC1(C)c1ccc(F)c(F)c1. The predicted molar refractivity (Wildman–Crippen MR) is 123 cm³/mol. The number of benzene rings is 1. The second-order valence-electron chi connectivity index (χ2n) is 8.10. The Hall–Kier alpha value is -3.22. The molecule has 0 saturated carbocycles. The number of carboxylic acid groups (broad SMARTS) is 1. The highest BCUT2D eigenvalue weighted by Gasteiger charge is 2.44. The third-order valence-electron chi connectivity index (χ3n) is 5.88. The zero-order valence-electron chi connectivity index (χ0n) is 19.1. The second-order valence-corrected chi connectivity index (χ2v) is 8.99. The van der Waals surface area contributed by atoms with Crippen molar-refractivity contribution in [3.63, 3.8) is 0 Å². The van der Waals surface area contributed by atoms with E-state index in [0.717, 1.165) is 12.1 Å². The quantitative estimate of drug-likeness (QED) is 0.550. The van der Waals surface area contributed by atoms with Crippen molar-refractivity contribution < 1.29 is 33.0 Å². The summed E-state index contributed by atoms with van der Waals surface area (Å²) in [6, 6.07) is 2.40. The standard InChI is InChI=1S/C23H24F2N4O5S/c1-3-34-22(32)18-16(11-29-7-8-33-12-17(29)21(30)31)27-19(20-26-6-9-35-20)28-23(18,2)13-4-5-14(24)15(25)10-13/h4-6,9-10,17H,3,7-8,11-12H2,1-2H3,(H,27,28)(H,30,31)/t17-,23?/m0/s1. The number of halogens is 2. The molecule has 0 bridgehead atoms. The van der Waals surface area contributed by atoms with Crippen LogP contribution in [0.1, 0.15) is 24.4 Å². The maximum atomic E-state index is 14.3. The first-order valence-corrected chi connectivity index (χ1v) is 11.8. The lowest BCUT2D eigenvalue weighted by atomic mass is 9.82. The minimum Gasteiger partial charge on any atom is -0.480 e. The Labute approximate surface area is 204 Å². The summed E-state index contributed by atoms with van der Waals surface area (Å²) in [4.78, 5) is 35.8. The number of morpholine rings is 1. The van der Waals surface area contributed by atoms with Crippen LogP contribution in [0.15, 0.2) is 46.0 Å². The van der Waals surface area contributed by atoms with Gasteiger partial charge >= 0.3 is 11.9 Å². The van der Waals surface area contributed by atoms with E-state index in [1.165, 1.54) is 17.4 Å². The summed E-state index contributed by atoms with van der Waals surface area (Å²) in [5, 5.41) is 15.1. The maximum absolute atomic E-state index is 14.3. The average molecular weight is 507 g/mol. The van der Waals surface area contributed by atoms with Gasteiger partial charge in [0.2, 0.25) is 0 Å². The molecule has 0 aliphatic carbocycles. The number of aliphatic carboxylic acids is 1. The predicted octanol–water partition coefficient (Wildman–Crippen LogP) is 2.29. The number of carbonyl (C=O) groups is 2. The van der Waals surface area contributed by atoms with Crippen LogP contribution in [0.4, 0.5) is 8.78 Å². The molecular weight excluding hydrogens is 482 g/mol. The van der Waals surface area contributed by atoms with E-state index in [4.69, 9.17) is 14.5 Å². The van der Waals surface area contributed by atoms with Gasteiger partial charge in [-0.1, -0.05) is 6.07 Å². The highest BCUT2D eigenvalue weighted by Crippen LogP contribution is 2.39. The monoisotopic (exact) mass is 506 g/mol. The van der Waals surface area contributed by atoms with Crippen LogP contribution in [0.25, 0.3) is 0 Å². The number of aliphatic imine (C=N–C) groups is 1. The van der Waals surface area contributed by atoms with Crippen LogP contribution < -0.4 is 5.32 Å². The van der Waals surface area contributed by atoms with Gasteiger partial charge in [0.05, 0.1) is 25.4 Å². The summed E-state index contributed by atoms with van der Waals surface area (Å²) in [5.41, 5.74) is -0.845.